The first kappa shape index (κ1) is 37.5. The van der Waals surface area contributed by atoms with Crippen molar-refractivity contribution in [2.45, 2.75) is 157 Å². The van der Waals surface area contributed by atoms with Gasteiger partial charge in [-0.2, -0.15) is 0 Å². The molecule has 0 N–H and O–H groups in total. The Hall–Kier alpha value is -1.56. The van der Waals surface area contributed by atoms with E-state index in [0.29, 0.717) is 0 Å². The van der Waals surface area contributed by atoms with Crippen LogP contribution in [-0.2, 0) is 46.1 Å². The maximum atomic E-state index is 5.26. The second-order valence-electron chi connectivity index (χ2n) is 11.8. The third kappa shape index (κ3) is 16.6. The first-order valence-corrected chi connectivity index (χ1v) is 17.0. The average molecular weight is 651 g/mol. The van der Waals surface area contributed by atoms with Gasteiger partial charge >= 0.3 is 0 Å². The number of aryl methyl sites for hydroxylation is 4. The minimum atomic E-state index is 0. The van der Waals surface area contributed by atoms with Crippen LogP contribution >= 0.6 is 0 Å². The summed E-state index contributed by atoms with van der Waals surface area (Å²) in [7, 11) is 0. The Morgan fingerprint density at radius 1 is 0.488 bits per heavy atom. The van der Waals surface area contributed by atoms with E-state index in [-0.39, 0.29) is 20.4 Å². The van der Waals surface area contributed by atoms with Crippen molar-refractivity contribution >= 4 is 23.3 Å². The minimum absolute atomic E-state index is 0. The summed E-state index contributed by atoms with van der Waals surface area (Å²) < 4.78 is 0. The molecule has 0 saturated carbocycles. The standard InChI is InChI=1S/C38H60N2.Pd/c1-6-11-16-17-18-19-24-36(40-38-29-34(22-14-9-4)26-35(30-38)23-15-10-5)31-39-37-27-32(20-12-7-2)25-33(28-37)21-13-8-3;/h25-31H,6-24H2,1-5H3;. The van der Waals surface area contributed by atoms with Crippen LogP contribution in [0.15, 0.2) is 46.4 Å². The minimum Gasteiger partial charge on any atom is -0.255 e. The Morgan fingerprint density at radius 3 is 1.32 bits per heavy atom. The predicted octanol–water partition coefficient (Wildman–Crippen LogP) is 12.3. The van der Waals surface area contributed by atoms with Crippen LogP contribution in [0.4, 0.5) is 11.4 Å². The summed E-state index contributed by atoms with van der Waals surface area (Å²) in [6.07, 6.45) is 25.3. The summed E-state index contributed by atoms with van der Waals surface area (Å²) in [6, 6.07) is 14.1. The molecule has 2 nitrogen and oxygen atoms in total. The smallest absolute Gasteiger partial charge is 0.0639 e. The van der Waals surface area contributed by atoms with Gasteiger partial charge < -0.3 is 0 Å². The molecule has 2 rings (SSSR count). The van der Waals surface area contributed by atoms with Gasteiger partial charge in [0, 0.05) is 26.6 Å². The van der Waals surface area contributed by atoms with Crippen molar-refractivity contribution in [2.24, 2.45) is 9.98 Å². The van der Waals surface area contributed by atoms with Gasteiger partial charge in [-0.15, -0.1) is 0 Å². The molecule has 0 radical (unpaired) electrons. The van der Waals surface area contributed by atoms with Crippen LogP contribution in [-0.4, -0.2) is 11.9 Å². The van der Waals surface area contributed by atoms with E-state index in [1.165, 1.54) is 112 Å². The van der Waals surface area contributed by atoms with E-state index < -0.39 is 0 Å². The van der Waals surface area contributed by atoms with Crippen molar-refractivity contribution in [1.29, 1.82) is 0 Å². The zero-order valence-corrected chi connectivity index (χ0v) is 28.7. The maximum absolute atomic E-state index is 5.26. The first-order valence-electron chi connectivity index (χ1n) is 17.0. The van der Waals surface area contributed by atoms with Crippen molar-refractivity contribution in [3.05, 3.63) is 58.7 Å². The number of hydrogen-bond acceptors (Lipinski definition) is 2. The first-order chi connectivity index (χ1) is 19.6. The zero-order valence-electron chi connectivity index (χ0n) is 27.2. The van der Waals surface area contributed by atoms with Crippen molar-refractivity contribution in [1.82, 2.24) is 0 Å². The van der Waals surface area contributed by atoms with Crippen LogP contribution in [0.25, 0.3) is 0 Å². The Labute approximate surface area is 268 Å². The second-order valence-corrected chi connectivity index (χ2v) is 11.8. The second kappa shape index (κ2) is 23.9. The van der Waals surface area contributed by atoms with E-state index in [1.807, 2.05) is 0 Å². The number of unbranched alkanes of at least 4 members (excludes halogenated alkanes) is 9. The molecule has 0 bridgehead atoms. The van der Waals surface area contributed by atoms with Crippen molar-refractivity contribution in [3.63, 3.8) is 0 Å². The van der Waals surface area contributed by atoms with Gasteiger partial charge in [0.15, 0.2) is 0 Å². The molecule has 3 heteroatoms. The fourth-order valence-corrected chi connectivity index (χ4v) is 5.28. The van der Waals surface area contributed by atoms with E-state index in [9.17, 15) is 0 Å². The van der Waals surface area contributed by atoms with E-state index in [0.717, 1.165) is 49.2 Å². The third-order valence-corrected chi connectivity index (χ3v) is 7.77. The summed E-state index contributed by atoms with van der Waals surface area (Å²) in [6.45, 7) is 11.4. The molecule has 0 aliphatic carbocycles. The molecule has 0 atom stereocenters. The number of rotatable bonds is 22. The molecule has 41 heavy (non-hydrogen) atoms. The summed E-state index contributed by atoms with van der Waals surface area (Å²) in [5.74, 6) is 0. The van der Waals surface area contributed by atoms with Gasteiger partial charge in [0.1, 0.15) is 0 Å². The Bertz CT molecular complexity index is 955. The molecule has 0 unspecified atom stereocenters. The van der Waals surface area contributed by atoms with Gasteiger partial charge in [-0.25, -0.2) is 0 Å². The van der Waals surface area contributed by atoms with Crippen LogP contribution in [0.5, 0.6) is 0 Å². The SMILES string of the molecule is CCCCCCCCC(C=Nc1cc(CCCC)cc(CCCC)c1)=Nc1cc(CCCC)cc(CCCC)c1.[Pd]. The number of benzene rings is 2. The number of hydrogen-bond donors (Lipinski definition) is 0. The Kier molecular flexibility index (Phi) is 21.9. The summed E-state index contributed by atoms with van der Waals surface area (Å²) in [4.78, 5) is 10.3. The maximum Gasteiger partial charge on any atom is 0.0639 e. The largest absolute Gasteiger partial charge is 0.255 e. The molecular formula is C38H60N2Pd. The molecule has 0 heterocycles. The Morgan fingerprint density at radius 2 is 0.878 bits per heavy atom. The third-order valence-electron chi connectivity index (χ3n) is 7.77. The van der Waals surface area contributed by atoms with E-state index in [2.05, 4.69) is 77.2 Å². The van der Waals surface area contributed by atoms with Crippen LogP contribution in [0.2, 0.25) is 0 Å². The topological polar surface area (TPSA) is 24.7 Å². The molecule has 0 aromatic heterocycles. The monoisotopic (exact) mass is 650 g/mol. The van der Waals surface area contributed by atoms with Gasteiger partial charge in [0.05, 0.1) is 17.1 Å². The van der Waals surface area contributed by atoms with Crippen LogP contribution in [0.1, 0.15) is 153 Å². The van der Waals surface area contributed by atoms with Crippen LogP contribution < -0.4 is 0 Å². The van der Waals surface area contributed by atoms with Gasteiger partial charge in [-0.05, 0) is 111 Å². The summed E-state index contributed by atoms with van der Waals surface area (Å²) in [5.41, 5.74) is 9.08. The quantitative estimate of drug-likeness (QED) is 0.0688. The van der Waals surface area contributed by atoms with Crippen molar-refractivity contribution in [3.8, 4) is 0 Å². The Balaban J connectivity index is 0.00000840. The number of nitrogens with zero attached hydrogens (tertiary/aromatic N) is 2. The van der Waals surface area contributed by atoms with E-state index in [4.69, 9.17) is 9.98 Å². The van der Waals surface area contributed by atoms with Crippen molar-refractivity contribution < 1.29 is 20.4 Å². The number of aliphatic imine (C=N–C) groups is 2. The molecule has 232 valence electrons. The molecule has 0 fully saturated rings. The van der Waals surface area contributed by atoms with Crippen molar-refractivity contribution in [2.75, 3.05) is 0 Å². The van der Waals surface area contributed by atoms with Gasteiger partial charge in [-0.1, -0.05) is 105 Å². The molecule has 0 aliphatic heterocycles. The molecule has 2 aromatic rings. The van der Waals surface area contributed by atoms with Gasteiger partial charge in [-0.3, -0.25) is 9.98 Å². The summed E-state index contributed by atoms with van der Waals surface area (Å²) in [5, 5.41) is 0. The summed E-state index contributed by atoms with van der Waals surface area (Å²) >= 11 is 0. The van der Waals surface area contributed by atoms with Gasteiger partial charge in [0.25, 0.3) is 0 Å². The zero-order chi connectivity index (χ0) is 28.8. The normalized spacial score (nSPS) is 11.8. The van der Waals surface area contributed by atoms with Gasteiger partial charge in [0.2, 0.25) is 0 Å². The van der Waals surface area contributed by atoms with E-state index >= 15 is 0 Å². The van der Waals surface area contributed by atoms with Crippen LogP contribution in [0.3, 0.4) is 0 Å². The van der Waals surface area contributed by atoms with E-state index in [1.54, 1.807) is 0 Å². The fraction of sp³-hybridized carbons (Fsp3) is 0.632. The fourth-order valence-electron chi connectivity index (χ4n) is 5.28. The molecule has 0 amide bonds. The molecular weight excluding hydrogens is 591 g/mol. The average Bonchev–Trinajstić information content (AvgIpc) is 2.97. The predicted molar refractivity (Wildman–Crippen MR) is 181 cm³/mol. The molecule has 0 aliphatic rings. The molecule has 0 spiro atoms. The van der Waals surface area contributed by atoms with Crippen LogP contribution in [0, 0.1) is 0 Å². The molecule has 0 saturated heterocycles. The molecule has 2 aromatic carbocycles.